The van der Waals surface area contributed by atoms with Crippen LogP contribution >= 0.6 is 0 Å². The van der Waals surface area contributed by atoms with Crippen molar-refractivity contribution in [3.8, 4) is 0 Å². The van der Waals surface area contributed by atoms with E-state index < -0.39 is 9.84 Å². The van der Waals surface area contributed by atoms with E-state index in [1.54, 1.807) is 35.2 Å². The maximum Gasteiger partial charge on any atom is 0.222 e. The summed E-state index contributed by atoms with van der Waals surface area (Å²) in [6.07, 6.45) is 4.86. The third kappa shape index (κ3) is 4.86. The molecule has 2 aliphatic rings. The van der Waals surface area contributed by atoms with E-state index in [1.165, 1.54) is 12.8 Å². The van der Waals surface area contributed by atoms with Crippen LogP contribution in [0.5, 0.6) is 0 Å². The molecule has 0 spiro atoms. The van der Waals surface area contributed by atoms with E-state index in [2.05, 4.69) is 11.8 Å². The Balaban J connectivity index is 1.55. The minimum atomic E-state index is -3.34. The van der Waals surface area contributed by atoms with Crippen LogP contribution in [0, 0.1) is 5.92 Å². The third-order valence-corrected chi connectivity index (χ3v) is 7.55. The molecule has 2 fully saturated rings. The molecular formula is C20H30N2O3S. The van der Waals surface area contributed by atoms with Gasteiger partial charge in [-0.25, -0.2) is 8.42 Å². The van der Waals surface area contributed by atoms with Crippen LogP contribution in [0.2, 0.25) is 0 Å². The number of carbonyl (C=O) groups is 1. The summed E-state index contributed by atoms with van der Waals surface area (Å²) in [6.45, 7) is 5.52. The van der Waals surface area contributed by atoms with Gasteiger partial charge in [0.1, 0.15) is 0 Å². The smallest absolute Gasteiger partial charge is 0.222 e. The number of amides is 1. The zero-order valence-electron chi connectivity index (χ0n) is 15.6. The highest BCUT2D eigenvalue weighted by Crippen LogP contribution is 2.24. The summed E-state index contributed by atoms with van der Waals surface area (Å²) in [5.41, 5.74) is 0. The van der Waals surface area contributed by atoms with Crippen molar-refractivity contribution in [1.82, 2.24) is 9.80 Å². The first-order valence-electron chi connectivity index (χ1n) is 9.75. The van der Waals surface area contributed by atoms with Crippen LogP contribution in [0.15, 0.2) is 35.2 Å². The first-order chi connectivity index (χ1) is 12.5. The molecule has 6 heteroatoms. The highest BCUT2D eigenvalue weighted by atomic mass is 32.2. The highest BCUT2D eigenvalue weighted by Gasteiger charge is 2.29. The fourth-order valence-electron chi connectivity index (χ4n) is 3.99. The molecule has 1 unspecified atom stereocenters. The van der Waals surface area contributed by atoms with Gasteiger partial charge in [0.25, 0.3) is 0 Å². The fraction of sp³-hybridized carbons (Fsp3) is 0.650. The average Bonchev–Trinajstić information content (AvgIpc) is 2.83. The van der Waals surface area contributed by atoms with Crippen molar-refractivity contribution >= 4 is 15.7 Å². The number of likely N-dealkylation sites (tertiary alicyclic amines) is 2. The zero-order valence-corrected chi connectivity index (χ0v) is 16.5. The van der Waals surface area contributed by atoms with Gasteiger partial charge in [-0.05, 0) is 56.8 Å². The van der Waals surface area contributed by atoms with Gasteiger partial charge in [0.15, 0.2) is 9.84 Å². The molecule has 1 aromatic carbocycles. The largest absolute Gasteiger partial charge is 0.342 e. The van der Waals surface area contributed by atoms with Crippen molar-refractivity contribution in [1.29, 1.82) is 0 Å². The van der Waals surface area contributed by atoms with Crippen molar-refractivity contribution in [3.63, 3.8) is 0 Å². The maximum absolute atomic E-state index is 12.5. The van der Waals surface area contributed by atoms with E-state index in [9.17, 15) is 13.2 Å². The second-order valence-corrected chi connectivity index (χ2v) is 9.82. The van der Waals surface area contributed by atoms with Gasteiger partial charge < -0.3 is 9.80 Å². The molecule has 2 aliphatic heterocycles. The van der Waals surface area contributed by atoms with Gasteiger partial charge >= 0.3 is 0 Å². The van der Waals surface area contributed by atoms with Gasteiger partial charge in [0.05, 0.1) is 10.6 Å². The normalized spacial score (nSPS) is 23.8. The van der Waals surface area contributed by atoms with Crippen molar-refractivity contribution in [2.24, 2.45) is 5.92 Å². The molecule has 1 atom stereocenters. The summed E-state index contributed by atoms with van der Waals surface area (Å²) in [5, 5.41) is 0. The Morgan fingerprint density at radius 1 is 1.00 bits per heavy atom. The van der Waals surface area contributed by atoms with E-state index in [4.69, 9.17) is 0 Å². The number of rotatable bonds is 5. The molecule has 26 heavy (non-hydrogen) atoms. The number of benzene rings is 1. The Morgan fingerprint density at radius 3 is 2.38 bits per heavy atom. The number of nitrogens with zero attached hydrogens (tertiary/aromatic N) is 2. The lowest BCUT2D eigenvalue weighted by Gasteiger charge is -2.36. The monoisotopic (exact) mass is 378 g/mol. The van der Waals surface area contributed by atoms with Crippen LogP contribution in [-0.2, 0) is 14.6 Å². The quantitative estimate of drug-likeness (QED) is 0.790. The van der Waals surface area contributed by atoms with Gasteiger partial charge in [0, 0.05) is 25.6 Å². The SMILES string of the molecule is CC1CCN(C2CCC(=O)N(CCS(=O)(=O)c3ccccc3)CC2)CC1. The molecule has 2 saturated heterocycles. The van der Waals surface area contributed by atoms with Gasteiger partial charge in [-0.15, -0.1) is 0 Å². The lowest BCUT2D eigenvalue weighted by atomic mass is 9.96. The van der Waals surface area contributed by atoms with E-state index in [0.29, 0.717) is 30.4 Å². The molecule has 144 valence electrons. The number of carbonyl (C=O) groups excluding carboxylic acids is 1. The molecule has 1 aromatic rings. The Labute approximate surface area is 157 Å². The second kappa shape index (κ2) is 8.53. The van der Waals surface area contributed by atoms with Gasteiger partial charge in [-0.3, -0.25) is 4.79 Å². The van der Waals surface area contributed by atoms with Gasteiger partial charge in [-0.1, -0.05) is 25.1 Å². The molecule has 5 nitrogen and oxygen atoms in total. The predicted molar refractivity (Wildman–Crippen MR) is 103 cm³/mol. The van der Waals surface area contributed by atoms with E-state index >= 15 is 0 Å². The van der Waals surface area contributed by atoms with Crippen LogP contribution in [0.3, 0.4) is 0 Å². The summed E-state index contributed by atoms with van der Waals surface area (Å²) in [5.74, 6) is 0.897. The standard InChI is InChI=1S/C20H30N2O3S/c1-17-9-12-21(13-10-17)18-7-8-20(23)22(14-11-18)15-16-26(24,25)19-5-3-2-4-6-19/h2-6,17-18H,7-16H2,1H3. The minimum Gasteiger partial charge on any atom is -0.342 e. The summed E-state index contributed by atoms with van der Waals surface area (Å²) in [6, 6.07) is 8.96. The molecule has 0 aromatic heterocycles. The van der Waals surface area contributed by atoms with Crippen LogP contribution in [0.25, 0.3) is 0 Å². The zero-order chi connectivity index (χ0) is 18.6. The highest BCUT2D eigenvalue weighted by molar-refractivity contribution is 7.91. The third-order valence-electron chi connectivity index (χ3n) is 5.84. The summed E-state index contributed by atoms with van der Waals surface area (Å²) in [4.78, 5) is 17.1. The molecule has 0 N–H and O–H groups in total. The molecule has 0 radical (unpaired) electrons. The number of hydrogen-bond donors (Lipinski definition) is 0. The second-order valence-electron chi connectivity index (χ2n) is 7.71. The van der Waals surface area contributed by atoms with Crippen molar-refractivity contribution in [2.75, 3.05) is 31.9 Å². The van der Waals surface area contributed by atoms with Gasteiger partial charge in [-0.2, -0.15) is 0 Å². The number of piperidine rings is 1. The molecule has 0 saturated carbocycles. The first-order valence-corrected chi connectivity index (χ1v) is 11.4. The minimum absolute atomic E-state index is 0.00531. The summed E-state index contributed by atoms with van der Waals surface area (Å²) in [7, 11) is -3.34. The van der Waals surface area contributed by atoms with E-state index in [1.807, 2.05) is 0 Å². The first kappa shape index (κ1) is 19.4. The lowest BCUT2D eigenvalue weighted by Crippen LogP contribution is -2.41. The summed E-state index contributed by atoms with van der Waals surface area (Å²) < 4.78 is 24.9. The Bertz CT molecular complexity index is 697. The Morgan fingerprint density at radius 2 is 1.69 bits per heavy atom. The van der Waals surface area contributed by atoms with E-state index in [-0.39, 0.29) is 11.7 Å². The molecule has 1 amide bonds. The van der Waals surface area contributed by atoms with Crippen LogP contribution in [-0.4, -0.2) is 62.1 Å². The molecule has 0 bridgehead atoms. The fourth-order valence-corrected chi connectivity index (χ4v) is 5.26. The average molecular weight is 379 g/mol. The predicted octanol–water partition coefficient (Wildman–Crippen LogP) is 2.57. The van der Waals surface area contributed by atoms with E-state index in [0.717, 1.165) is 31.8 Å². The lowest BCUT2D eigenvalue weighted by molar-refractivity contribution is -0.130. The van der Waals surface area contributed by atoms with Crippen LogP contribution in [0.1, 0.15) is 39.0 Å². The summed E-state index contributed by atoms with van der Waals surface area (Å²) >= 11 is 0. The molecule has 2 heterocycles. The Kier molecular flexibility index (Phi) is 6.35. The molecular weight excluding hydrogens is 348 g/mol. The molecule has 0 aliphatic carbocycles. The van der Waals surface area contributed by atoms with Crippen LogP contribution in [0.4, 0.5) is 0 Å². The Hall–Kier alpha value is -1.40. The molecule has 3 rings (SSSR count). The van der Waals surface area contributed by atoms with Crippen LogP contribution < -0.4 is 0 Å². The van der Waals surface area contributed by atoms with Crippen molar-refractivity contribution in [2.45, 2.75) is 50.0 Å². The topological polar surface area (TPSA) is 57.7 Å². The van der Waals surface area contributed by atoms with Crippen molar-refractivity contribution in [3.05, 3.63) is 30.3 Å². The number of hydrogen-bond acceptors (Lipinski definition) is 4. The van der Waals surface area contributed by atoms with Gasteiger partial charge in [0.2, 0.25) is 5.91 Å². The number of sulfone groups is 1. The maximum atomic E-state index is 12.5. The van der Waals surface area contributed by atoms with Crippen molar-refractivity contribution < 1.29 is 13.2 Å².